The van der Waals surface area contributed by atoms with Crippen molar-refractivity contribution in [3.8, 4) is 0 Å². The van der Waals surface area contributed by atoms with Crippen molar-refractivity contribution in [2.75, 3.05) is 26.2 Å². The lowest BCUT2D eigenvalue weighted by Crippen LogP contribution is -2.55. The Hall–Kier alpha value is -1.91. The number of hydrogen-bond acceptors (Lipinski definition) is 3. The topological polar surface area (TPSA) is 53.5 Å². The van der Waals surface area contributed by atoms with Gasteiger partial charge in [0.2, 0.25) is 5.91 Å². The molecule has 5 heteroatoms. The molecule has 0 bridgehead atoms. The largest absolute Gasteiger partial charge is 0.342 e. The quantitative estimate of drug-likeness (QED) is 0.830. The number of hydrogen-bond donors (Lipinski definition) is 0. The van der Waals surface area contributed by atoms with Crippen LogP contribution in [0.4, 0.5) is 0 Å². The summed E-state index contributed by atoms with van der Waals surface area (Å²) in [5.74, 6) is 0.372. The summed E-state index contributed by atoms with van der Waals surface area (Å²) in [5.41, 5.74) is 2.71. The first-order valence-corrected chi connectivity index (χ1v) is 9.94. The van der Waals surface area contributed by atoms with Gasteiger partial charge >= 0.3 is 0 Å². The van der Waals surface area contributed by atoms with E-state index < -0.39 is 0 Å². The van der Waals surface area contributed by atoms with Crippen LogP contribution in [0.15, 0.2) is 12.3 Å². The minimum Gasteiger partial charge on any atom is -0.342 e. The third-order valence-electron chi connectivity index (χ3n) is 5.96. The third-order valence-corrected chi connectivity index (χ3v) is 5.96. The second kappa shape index (κ2) is 7.77. The van der Waals surface area contributed by atoms with Crippen LogP contribution in [-0.4, -0.2) is 52.8 Å². The SMILES string of the molecule is CCCCN1C[C@@]2(CCCN(C(=O)c3cnc(C)cc3C)C2)CCC1=O. The normalized spacial score (nSPS) is 23.6. The molecule has 2 saturated heterocycles. The van der Waals surface area contributed by atoms with Crippen molar-refractivity contribution in [2.24, 2.45) is 5.41 Å². The van der Waals surface area contributed by atoms with Crippen LogP contribution in [0.2, 0.25) is 0 Å². The standard InChI is InChI=1S/C21H31N3O2/c1-4-5-10-23-14-21(9-7-19(23)25)8-6-11-24(15-21)20(26)18-13-22-17(3)12-16(18)2/h12-13H,4-11,14-15H2,1-3H3/t21-/m1/s1. The van der Waals surface area contributed by atoms with Crippen molar-refractivity contribution in [1.29, 1.82) is 0 Å². The highest BCUT2D eigenvalue weighted by Gasteiger charge is 2.42. The smallest absolute Gasteiger partial charge is 0.255 e. The lowest BCUT2D eigenvalue weighted by Gasteiger charge is -2.48. The van der Waals surface area contributed by atoms with Crippen molar-refractivity contribution < 1.29 is 9.59 Å². The summed E-state index contributed by atoms with van der Waals surface area (Å²) in [6.07, 6.45) is 7.52. The highest BCUT2D eigenvalue weighted by Crippen LogP contribution is 2.39. The number of aromatic nitrogens is 1. The van der Waals surface area contributed by atoms with E-state index in [2.05, 4.69) is 11.9 Å². The van der Waals surface area contributed by atoms with Gasteiger partial charge in [-0.1, -0.05) is 13.3 Å². The molecule has 26 heavy (non-hydrogen) atoms. The third kappa shape index (κ3) is 3.92. The molecule has 3 heterocycles. The Morgan fingerprint density at radius 1 is 1.27 bits per heavy atom. The highest BCUT2D eigenvalue weighted by atomic mass is 16.2. The maximum Gasteiger partial charge on any atom is 0.255 e. The van der Waals surface area contributed by atoms with Gasteiger partial charge < -0.3 is 9.80 Å². The van der Waals surface area contributed by atoms with Crippen LogP contribution < -0.4 is 0 Å². The molecule has 0 saturated carbocycles. The van der Waals surface area contributed by atoms with Crippen molar-refractivity contribution in [3.63, 3.8) is 0 Å². The molecule has 0 N–H and O–H groups in total. The van der Waals surface area contributed by atoms with Crippen molar-refractivity contribution in [2.45, 2.75) is 59.3 Å². The molecule has 1 atom stereocenters. The molecule has 1 spiro atoms. The number of carbonyl (C=O) groups excluding carboxylic acids is 2. The van der Waals surface area contributed by atoms with E-state index in [1.165, 1.54) is 0 Å². The molecule has 1 aromatic rings. The lowest BCUT2D eigenvalue weighted by atomic mass is 9.73. The summed E-state index contributed by atoms with van der Waals surface area (Å²) in [4.78, 5) is 33.7. The Morgan fingerprint density at radius 2 is 2.08 bits per heavy atom. The van der Waals surface area contributed by atoms with E-state index >= 15 is 0 Å². The fourth-order valence-electron chi connectivity index (χ4n) is 4.46. The number of pyridine rings is 1. The number of carbonyl (C=O) groups is 2. The molecule has 142 valence electrons. The van der Waals surface area contributed by atoms with Gasteiger partial charge in [0.15, 0.2) is 0 Å². The van der Waals surface area contributed by atoms with Gasteiger partial charge in [-0.3, -0.25) is 14.6 Å². The van der Waals surface area contributed by atoms with Gasteiger partial charge in [-0.2, -0.15) is 0 Å². The van der Waals surface area contributed by atoms with Gasteiger partial charge in [0.05, 0.1) is 5.56 Å². The Balaban J connectivity index is 1.74. The molecular formula is C21H31N3O2. The molecular weight excluding hydrogens is 326 g/mol. The fourth-order valence-corrected chi connectivity index (χ4v) is 4.46. The highest BCUT2D eigenvalue weighted by molar-refractivity contribution is 5.95. The first-order chi connectivity index (χ1) is 12.4. The summed E-state index contributed by atoms with van der Waals surface area (Å²) in [6.45, 7) is 9.30. The van der Waals surface area contributed by atoms with E-state index in [-0.39, 0.29) is 17.2 Å². The Bertz CT molecular complexity index is 688. The Labute approximate surface area is 156 Å². The number of piperidine rings is 2. The molecule has 3 rings (SSSR count). The fraction of sp³-hybridized carbons (Fsp3) is 0.667. The van der Waals surface area contributed by atoms with Gasteiger partial charge in [0.25, 0.3) is 5.91 Å². The number of nitrogens with zero attached hydrogens (tertiary/aromatic N) is 3. The Morgan fingerprint density at radius 3 is 2.81 bits per heavy atom. The maximum atomic E-state index is 13.1. The van der Waals surface area contributed by atoms with Crippen LogP contribution in [0.25, 0.3) is 0 Å². The number of amides is 2. The summed E-state index contributed by atoms with van der Waals surface area (Å²) >= 11 is 0. The van der Waals surface area contributed by atoms with Crippen molar-refractivity contribution >= 4 is 11.8 Å². The van der Waals surface area contributed by atoms with Crippen molar-refractivity contribution in [3.05, 3.63) is 29.1 Å². The molecule has 2 amide bonds. The molecule has 0 unspecified atom stereocenters. The summed E-state index contributed by atoms with van der Waals surface area (Å²) in [7, 11) is 0. The Kier molecular flexibility index (Phi) is 5.64. The summed E-state index contributed by atoms with van der Waals surface area (Å²) in [5, 5.41) is 0. The van der Waals surface area contributed by atoms with Gasteiger partial charge in [-0.25, -0.2) is 0 Å². The average Bonchev–Trinajstić information content (AvgIpc) is 2.62. The van der Waals surface area contributed by atoms with Gasteiger partial charge in [0.1, 0.15) is 0 Å². The van der Waals surface area contributed by atoms with Gasteiger partial charge in [0, 0.05) is 49.9 Å². The van der Waals surface area contributed by atoms with E-state index in [9.17, 15) is 9.59 Å². The minimum absolute atomic E-state index is 0.0710. The predicted molar refractivity (Wildman–Crippen MR) is 102 cm³/mol. The maximum absolute atomic E-state index is 13.1. The predicted octanol–water partition coefficient (Wildman–Crippen LogP) is 3.34. The molecule has 2 aliphatic rings. The van der Waals surface area contributed by atoms with Gasteiger partial charge in [-0.15, -0.1) is 0 Å². The van der Waals surface area contributed by atoms with Crippen LogP contribution in [-0.2, 0) is 4.79 Å². The van der Waals surface area contributed by atoms with E-state index in [1.807, 2.05) is 29.7 Å². The van der Waals surface area contributed by atoms with Crippen molar-refractivity contribution in [1.82, 2.24) is 14.8 Å². The number of rotatable bonds is 4. The van der Waals surface area contributed by atoms with E-state index in [4.69, 9.17) is 0 Å². The average molecular weight is 357 g/mol. The number of likely N-dealkylation sites (tertiary alicyclic amines) is 2. The zero-order chi connectivity index (χ0) is 18.7. The van der Waals surface area contributed by atoms with Crippen LogP contribution >= 0.6 is 0 Å². The van der Waals surface area contributed by atoms with Crippen LogP contribution in [0.1, 0.15) is 67.1 Å². The second-order valence-corrected chi connectivity index (χ2v) is 8.14. The molecule has 0 radical (unpaired) electrons. The lowest BCUT2D eigenvalue weighted by molar-refractivity contribution is -0.139. The van der Waals surface area contributed by atoms with E-state index in [0.29, 0.717) is 12.0 Å². The summed E-state index contributed by atoms with van der Waals surface area (Å²) in [6, 6.07) is 1.97. The minimum atomic E-state index is 0.0710. The number of aryl methyl sites for hydroxylation is 2. The van der Waals surface area contributed by atoms with Gasteiger partial charge in [-0.05, 0) is 51.2 Å². The van der Waals surface area contributed by atoms with Crippen LogP contribution in [0.3, 0.4) is 0 Å². The molecule has 2 fully saturated rings. The molecule has 1 aromatic heterocycles. The first-order valence-electron chi connectivity index (χ1n) is 9.94. The number of unbranched alkanes of at least 4 members (excludes halogenated alkanes) is 1. The van der Waals surface area contributed by atoms with Crippen LogP contribution in [0, 0.1) is 19.3 Å². The first kappa shape index (κ1) is 18.9. The molecule has 0 aromatic carbocycles. The molecule has 5 nitrogen and oxygen atoms in total. The van der Waals surface area contributed by atoms with Crippen LogP contribution in [0.5, 0.6) is 0 Å². The molecule has 2 aliphatic heterocycles. The zero-order valence-corrected chi connectivity index (χ0v) is 16.4. The summed E-state index contributed by atoms with van der Waals surface area (Å²) < 4.78 is 0. The van der Waals surface area contributed by atoms with E-state index in [1.54, 1.807) is 6.20 Å². The second-order valence-electron chi connectivity index (χ2n) is 8.14. The van der Waals surface area contributed by atoms with E-state index in [0.717, 1.165) is 69.5 Å². The molecule has 0 aliphatic carbocycles. The monoisotopic (exact) mass is 357 g/mol. The zero-order valence-electron chi connectivity index (χ0n) is 16.4.